The van der Waals surface area contributed by atoms with E-state index in [1.807, 2.05) is 0 Å². The monoisotopic (exact) mass is 276 g/mol. The van der Waals surface area contributed by atoms with Gasteiger partial charge in [0.05, 0.1) is 0 Å². The fourth-order valence-electron chi connectivity index (χ4n) is 1.09. The lowest BCUT2D eigenvalue weighted by Crippen LogP contribution is -2.28. The molecule has 0 fully saturated rings. The topological polar surface area (TPSA) is 9.23 Å². The maximum absolute atomic E-state index is 12.7. The highest BCUT2D eigenvalue weighted by molar-refractivity contribution is 6.45. The lowest BCUT2D eigenvalue weighted by atomic mass is 10.1. The third-order valence-corrected chi connectivity index (χ3v) is 1.83. The van der Waals surface area contributed by atoms with Gasteiger partial charge in [0.1, 0.15) is 0 Å². The number of halogens is 6. The van der Waals surface area contributed by atoms with Crippen molar-refractivity contribution < 1.29 is 22.3 Å². The third-order valence-electron chi connectivity index (χ3n) is 1.65. The molecule has 0 heterocycles. The minimum atomic E-state index is -4.80. The van der Waals surface area contributed by atoms with Crippen LogP contribution in [0, 0.1) is 0 Å². The summed E-state index contributed by atoms with van der Waals surface area (Å²) in [4.78, 5) is 0. The molecule has 0 aliphatic rings. The first-order valence-corrected chi connectivity index (χ1v) is 4.82. The van der Waals surface area contributed by atoms with Gasteiger partial charge in [-0.1, -0.05) is 30.3 Å². The molecule has 1 unspecified atom stereocenters. The Balaban J connectivity index is 2.98. The Morgan fingerprint density at radius 3 is 1.88 bits per heavy atom. The Kier molecular flexibility index (Phi) is 4.04. The van der Waals surface area contributed by atoms with E-state index in [1.165, 1.54) is 18.2 Å². The van der Waals surface area contributed by atoms with Crippen LogP contribution in [-0.4, -0.2) is 10.9 Å². The largest absolute Gasteiger partial charge is 0.419 e. The van der Waals surface area contributed by atoms with Crippen LogP contribution in [0.25, 0.3) is 0 Å². The summed E-state index contributed by atoms with van der Waals surface area (Å²) >= 11 is 9.52. The molecular formula is C9H6Cl2F4O. The molecule has 1 atom stereocenters. The summed E-state index contributed by atoms with van der Waals surface area (Å²) in [6.07, 6.45) is -7.31. The van der Waals surface area contributed by atoms with Crippen LogP contribution in [0.4, 0.5) is 17.6 Å². The zero-order chi connectivity index (χ0) is 12.4. The molecule has 0 amide bonds. The molecule has 7 heteroatoms. The highest BCUT2D eigenvalue weighted by Gasteiger charge is 2.46. The van der Waals surface area contributed by atoms with Gasteiger partial charge in [0.25, 0.3) is 0 Å². The van der Waals surface area contributed by atoms with Gasteiger partial charge >= 0.3 is 10.9 Å². The molecule has 16 heavy (non-hydrogen) atoms. The summed E-state index contributed by atoms with van der Waals surface area (Å²) in [5.41, 5.74) is -0.279. The van der Waals surface area contributed by atoms with E-state index in [2.05, 4.69) is 4.74 Å². The number of ether oxygens (including phenoxy) is 1. The van der Waals surface area contributed by atoms with Gasteiger partial charge in [0, 0.05) is 0 Å². The summed E-state index contributed by atoms with van der Waals surface area (Å²) in [5, 5.41) is 0. The Bertz CT molecular complexity index is 334. The molecule has 1 aromatic rings. The van der Waals surface area contributed by atoms with E-state index < -0.39 is 17.1 Å². The van der Waals surface area contributed by atoms with Crippen LogP contribution < -0.4 is 0 Å². The molecular weight excluding hydrogens is 271 g/mol. The molecule has 0 radical (unpaired) electrons. The molecule has 0 bridgehead atoms. The van der Waals surface area contributed by atoms with Crippen molar-refractivity contribution in [3.8, 4) is 0 Å². The fraction of sp³-hybridized carbons (Fsp3) is 0.333. The average molecular weight is 277 g/mol. The Morgan fingerprint density at radius 1 is 1.00 bits per heavy atom. The van der Waals surface area contributed by atoms with E-state index in [0.29, 0.717) is 0 Å². The van der Waals surface area contributed by atoms with Crippen molar-refractivity contribution in [1.29, 1.82) is 0 Å². The average Bonchev–Trinajstić information content (AvgIpc) is 2.13. The standard InChI is InChI=1S/C9H6Cl2F4O/c10-9(11,15)16-7(8(12,13)14)6-4-2-1-3-5-6/h1-5,7H. The Morgan fingerprint density at radius 2 is 1.50 bits per heavy atom. The SMILES string of the molecule is FC(Cl)(Cl)OC(c1ccccc1)C(F)(F)F. The molecule has 0 spiro atoms. The van der Waals surface area contributed by atoms with E-state index in [9.17, 15) is 17.6 Å². The molecule has 1 nitrogen and oxygen atoms in total. The first-order valence-electron chi connectivity index (χ1n) is 4.06. The number of hydrogen-bond donors (Lipinski definition) is 0. The van der Waals surface area contributed by atoms with Crippen molar-refractivity contribution in [1.82, 2.24) is 0 Å². The molecule has 90 valence electrons. The first kappa shape index (κ1) is 13.5. The van der Waals surface area contributed by atoms with Crippen LogP contribution in [0.3, 0.4) is 0 Å². The second-order valence-corrected chi connectivity index (χ2v) is 4.06. The quantitative estimate of drug-likeness (QED) is 0.589. The Labute approximate surface area is 98.9 Å². The normalized spacial score (nSPS) is 14.9. The van der Waals surface area contributed by atoms with E-state index in [1.54, 1.807) is 0 Å². The Hall–Kier alpha value is -0.520. The van der Waals surface area contributed by atoms with E-state index in [0.717, 1.165) is 12.1 Å². The highest BCUT2D eigenvalue weighted by Crippen LogP contribution is 2.41. The first-order chi connectivity index (χ1) is 7.20. The fourth-order valence-corrected chi connectivity index (χ4v) is 1.26. The van der Waals surface area contributed by atoms with Gasteiger partial charge in [0.2, 0.25) is 0 Å². The summed E-state index contributed by atoms with van der Waals surface area (Å²) in [7, 11) is 0. The van der Waals surface area contributed by atoms with Crippen LogP contribution >= 0.6 is 23.2 Å². The van der Waals surface area contributed by atoms with Crippen LogP contribution in [-0.2, 0) is 4.74 Å². The number of alkyl halides is 6. The number of benzene rings is 1. The highest BCUT2D eigenvalue weighted by atomic mass is 35.5. The predicted octanol–water partition coefficient (Wildman–Crippen LogP) is 4.37. The maximum Gasteiger partial charge on any atom is 0.419 e. The van der Waals surface area contributed by atoms with Crippen molar-refractivity contribution >= 4 is 23.2 Å². The molecule has 0 aromatic heterocycles. The van der Waals surface area contributed by atoms with Gasteiger partial charge in [-0.15, -0.1) is 0 Å². The summed E-state index contributed by atoms with van der Waals surface area (Å²) in [6, 6.07) is 6.51. The number of hydrogen-bond acceptors (Lipinski definition) is 1. The van der Waals surface area contributed by atoms with Crippen LogP contribution in [0.5, 0.6) is 0 Å². The maximum atomic E-state index is 12.7. The summed E-state index contributed by atoms with van der Waals surface area (Å²) in [6.45, 7) is 0. The minimum Gasteiger partial charge on any atom is -0.303 e. The van der Waals surface area contributed by atoms with Crippen LogP contribution in [0.15, 0.2) is 30.3 Å². The molecule has 1 aromatic carbocycles. The summed E-state index contributed by atoms with van der Waals surface area (Å²) in [5.74, 6) is 0. The molecule has 0 aliphatic carbocycles. The van der Waals surface area contributed by atoms with Crippen molar-refractivity contribution in [2.24, 2.45) is 0 Å². The zero-order valence-electron chi connectivity index (χ0n) is 7.64. The van der Waals surface area contributed by atoms with Crippen molar-refractivity contribution in [2.45, 2.75) is 17.1 Å². The van der Waals surface area contributed by atoms with E-state index in [4.69, 9.17) is 23.2 Å². The molecule has 0 N–H and O–H groups in total. The smallest absolute Gasteiger partial charge is 0.303 e. The molecule has 0 saturated heterocycles. The second-order valence-electron chi connectivity index (χ2n) is 2.90. The molecule has 1 rings (SSSR count). The van der Waals surface area contributed by atoms with Gasteiger partial charge in [0.15, 0.2) is 6.10 Å². The predicted molar refractivity (Wildman–Crippen MR) is 51.9 cm³/mol. The lowest BCUT2D eigenvalue weighted by Gasteiger charge is -2.23. The second kappa shape index (κ2) is 4.77. The van der Waals surface area contributed by atoms with Gasteiger partial charge in [-0.2, -0.15) is 17.6 Å². The van der Waals surface area contributed by atoms with E-state index in [-0.39, 0.29) is 5.56 Å². The minimum absolute atomic E-state index is 0.279. The van der Waals surface area contributed by atoms with Crippen molar-refractivity contribution in [3.05, 3.63) is 35.9 Å². The lowest BCUT2D eigenvalue weighted by molar-refractivity contribution is -0.248. The van der Waals surface area contributed by atoms with Gasteiger partial charge in [-0.05, 0) is 28.8 Å². The third kappa shape index (κ3) is 4.15. The van der Waals surface area contributed by atoms with Crippen LogP contribution in [0.2, 0.25) is 0 Å². The zero-order valence-corrected chi connectivity index (χ0v) is 9.15. The van der Waals surface area contributed by atoms with Gasteiger partial charge in [-0.25, -0.2) is 0 Å². The number of rotatable bonds is 3. The molecule has 0 saturated carbocycles. The van der Waals surface area contributed by atoms with Crippen molar-refractivity contribution in [3.63, 3.8) is 0 Å². The summed E-state index contributed by atoms with van der Waals surface area (Å²) < 4.78 is 50.8. The van der Waals surface area contributed by atoms with Crippen molar-refractivity contribution in [2.75, 3.05) is 0 Å². The molecule has 0 aliphatic heterocycles. The van der Waals surface area contributed by atoms with Gasteiger partial charge in [-0.3, -0.25) is 0 Å². The van der Waals surface area contributed by atoms with E-state index >= 15 is 0 Å². The van der Waals surface area contributed by atoms with Gasteiger partial charge < -0.3 is 4.74 Å². The van der Waals surface area contributed by atoms with Crippen LogP contribution in [0.1, 0.15) is 11.7 Å².